The van der Waals surface area contributed by atoms with Gasteiger partial charge in [-0.15, -0.1) is 0 Å². The maximum Gasteiger partial charge on any atom is 0.223 e. The molecule has 0 saturated heterocycles. The summed E-state index contributed by atoms with van der Waals surface area (Å²) in [5, 5.41) is 2.83. The SMILES string of the molecule is COCc1ccccc1CNC(=O)CCOc1ccccc1F. The van der Waals surface area contributed by atoms with Gasteiger partial charge in [-0.05, 0) is 23.3 Å². The molecule has 2 rings (SSSR count). The van der Waals surface area contributed by atoms with Crippen LogP contribution < -0.4 is 10.1 Å². The second-order valence-corrected chi connectivity index (χ2v) is 5.01. The summed E-state index contributed by atoms with van der Waals surface area (Å²) in [5.74, 6) is -0.416. The second kappa shape index (κ2) is 8.90. The molecule has 23 heavy (non-hydrogen) atoms. The maximum absolute atomic E-state index is 13.4. The van der Waals surface area contributed by atoms with Crippen molar-refractivity contribution in [2.24, 2.45) is 0 Å². The van der Waals surface area contributed by atoms with Gasteiger partial charge in [0.15, 0.2) is 11.6 Å². The Kier molecular flexibility index (Phi) is 6.56. The van der Waals surface area contributed by atoms with Crippen LogP contribution in [-0.4, -0.2) is 19.6 Å². The fourth-order valence-electron chi connectivity index (χ4n) is 2.12. The minimum Gasteiger partial charge on any atom is -0.490 e. The fourth-order valence-corrected chi connectivity index (χ4v) is 2.12. The molecule has 0 atom stereocenters. The summed E-state index contributed by atoms with van der Waals surface area (Å²) < 4.78 is 23.8. The number of nitrogens with one attached hydrogen (secondary N) is 1. The van der Waals surface area contributed by atoms with Crippen LogP contribution in [0.25, 0.3) is 0 Å². The predicted molar refractivity (Wildman–Crippen MR) is 85.5 cm³/mol. The Morgan fingerprint density at radius 2 is 1.78 bits per heavy atom. The number of rotatable bonds is 8. The number of carbonyl (C=O) groups is 1. The summed E-state index contributed by atoms with van der Waals surface area (Å²) in [5.41, 5.74) is 2.05. The summed E-state index contributed by atoms with van der Waals surface area (Å²) in [6, 6.07) is 13.9. The largest absolute Gasteiger partial charge is 0.490 e. The van der Waals surface area contributed by atoms with E-state index < -0.39 is 5.82 Å². The molecule has 0 unspecified atom stereocenters. The van der Waals surface area contributed by atoms with Gasteiger partial charge >= 0.3 is 0 Å². The molecule has 0 heterocycles. The van der Waals surface area contributed by atoms with Crippen LogP contribution in [0.15, 0.2) is 48.5 Å². The molecule has 122 valence electrons. The first-order chi connectivity index (χ1) is 11.2. The van der Waals surface area contributed by atoms with Gasteiger partial charge < -0.3 is 14.8 Å². The van der Waals surface area contributed by atoms with Gasteiger partial charge in [0, 0.05) is 13.7 Å². The van der Waals surface area contributed by atoms with Gasteiger partial charge in [-0.1, -0.05) is 36.4 Å². The van der Waals surface area contributed by atoms with Gasteiger partial charge in [0.2, 0.25) is 5.91 Å². The van der Waals surface area contributed by atoms with Gasteiger partial charge in [0.1, 0.15) is 0 Å². The van der Waals surface area contributed by atoms with Gasteiger partial charge in [-0.3, -0.25) is 4.79 Å². The van der Waals surface area contributed by atoms with Gasteiger partial charge in [-0.2, -0.15) is 0 Å². The number of amides is 1. The Balaban J connectivity index is 1.76. The van der Waals surface area contributed by atoms with Crippen molar-refractivity contribution in [1.82, 2.24) is 5.32 Å². The third kappa shape index (κ3) is 5.38. The molecule has 0 aromatic heterocycles. The van der Waals surface area contributed by atoms with E-state index >= 15 is 0 Å². The van der Waals surface area contributed by atoms with Crippen molar-refractivity contribution < 1.29 is 18.7 Å². The lowest BCUT2D eigenvalue weighted by atomic mass is 10.1. The van der Waals surface area contributed by atoms with E-state index in [1.54, 1.807) is 19.2 Å². The lowest BCUT2D eigenvalue weighted by Crippen LogP contribution is -2.25. The first-order valence-electron chi connectivity index (χ1n) is 7.40. The lowest BCUT2D eigenvalue weighted by Gasteiger charge is -2.11. The molecule has 2 aromatic carbocycles. The monoisotopic (exact) mass is 317 g/mol. The third-order valence-electron chi connectivity index (χ3n) is 3.32. The summed E-state index contributed by atoms with van der Waals surface area (Å²) in [7, 11) is 1.63. The minimum atomic E-state index is -0.429. The molecule has 0 saturated carbocycles. The quantitative estimate of drug-likeness (QED) is 0.814. The molecule has 5 heteroatoms. The van der Waals surface area contributed by atoms with E-state index in [0.717, 1.165) is 11.1 Å². The number of carbonyl (C=O) groups excluding carboxylic acids is 1. The standard InChI is InChI=1S/C18H20FNO3/c1-22-13-15-7-3-2-6-14(15)12-20-18(21)10-11-23-17-9-5-4-8-16(17)19/h2-9H,10-13H2,1H3,(H,20,21). The molecule has 0 aliphatic carbocycles. The topological polar surface area (TPSA) is 47.6 Å². The molecular weight excluding hydrogens is 297 g/mol. The normalized spacial score (nSPS) is 10.3. The highest BCUT2D eigenvalue weighted by Crippen LogP contribution is 2.15. The highest BCUT2D eigenvalue weighted by molar-refractivity contribution is 5.76. The summed E-state index contributed by atoms with van der Waals surface area (Å²) >= 11 is 0. The molecule has 4 nitrogen and oxygen atoms in total. The zero-order chi connectivity index (χ0) is 16.5. The number of methoxy groups -OCH3 is 1. The smallest absolute Gasteiger partial charge is 0.223 e. The Labute approximate surface area is 135 Å². The molecule has 0 bridgehead atoms. The molecular formula is C18H20FNO3. The van der Waals surface area contributed by atoms with E-state index in [1.165, 1.54) is 12.1 Å². The van der Waals surface area contributed by atoms with E-state index in [1.807, 2.05) is 24.3 Å². The molecule has 0 radical (unpaired) electrons. The molecule has 0 aliphatic rings. The van der Waals surface area contributed by atoms with Crippen molar-refractivity contribution in [3.05, 3.63) is 65.5 Å². The summed E-state index contributed by atoms with van der Waals surface area (Å²) in [4.78, 5) is 11.8. The third-order valence-corrected chi connectivity index (χ3v) is 3.32. The van der Waals surface area contributed by atoms with E-state index in [-0.39, 0.29) is 24.7 Å². The van der Waals surface area contributed by atoms with Crippen LogP contribution in [0, 0.1) is 5.82 Å². The summed E-state index contributed by atoms with van der Waals surface area (Å²) in [6.45, 7) is 1.06. The number of ether oxygens (including phenoxy) is 2. The summed E-state index contributed by atoms with van der Waals surface area (Å²) in [6.07, 6.45) is 0.167. The maximum atomic E-state index is 13.4. The lowest BCUT2D eigenvalue weighted by molar-refractivity contribution is -0.121. The number of halogens is 1. The first-order valence-corrected chi connectivity index (χ1v) is 7.40. The van der Waals surface area contributed by atoms with Crippen LogP contribution in [0.3, 0.4) is 0 Å². The van der Waals surface area contributed by atoms with Crippen molar-refractivity contribution in [3.8, 4) is 5.75 Å². The molecule has 0 fully saturated rings. The van der Waals surface area contributed by atoms with E-state index in [2.05, 4.69) is 5.32 Å². The van der Waals surface area contributed by atoms with Crippen molar-refractivity contribution in [2.45, 2.75) is 19.6 Å². The van der Waals surface area contributed by atoms with Gasteiger partial charge in [0.25, 0.3) is 0 Å². The molecule has 2 aromatic rings. The van der Waals surface area contributed by atoms with Crippen molar-refractivity contribution in [1.29, 1.82) is 0 Å². The zero-order valence-electron chi connectivity index (χ0n) is 13.0. The van der Waals surface area contributed by atoms with Crippen LogP contribution in [0.5, 0.6) is 5.75 Å². The molecule has 0 aliphatic heterocycles. The van der Waals surface area contributed by atoms with Crippen molar-refractivity contribution in [3.63, 3.8) is 0 Å². The molecule has 1 N–H and O–H groups in total. The number of hydrogen-bond donors (Lipinski definition) is 1. The molecule has 1 amide bonds. The fraction of sp³-hybridized carbons (Fsp3) is 0.278. The van der Waals surface area contributed by atoms with E-state index in [9.17, 15) is 9.18 Å². The van der Waals surface area contributed by atoms with Crippen LogP contribution in [0.1, 0.15) is 17.5 Å². The Hall–Kier alpha value is -2.40. The Bertz CT molecular complexity index is 646. The average Bonchev–Trinajstić information content (AvgIpc) is 2.56. The Morgan fingerprint density at radius 3 is 2.52 bits per heavy atom. The number of hydrogen-bond acceptors (Lipinski definition) is 3. The van der Waals surface area contributed by atoms with Crippen LogP contribution >= 0.6 is 0 Å². The number of benzene rings is 2. The van der Waals surface area contributed by atoms with Crippen LogP contribution in [0.2, 0.25) is 0 Å². The molecule has 0 spiro atoms. The highest BCUT2D eigenvalue weighted by Gasteiger charge is 2.06. The van der Waals surface area contributed by atoms with Crippen LogP contribution in [0.4, 0.5) is 4.39 Å². The number of para-hydroxylation sites is 1. The van der Waals surface area contributed by atoms with E-state index in [0.29, 0.717) is 13.2 Å². The van der Waals surface area contributed by atoms with Crippen LogP contribution in [-0.2, 0) is 22.7 Å². The predicted octanol–water partition coefficient (Wildman–Crippen LogP) is 3.06. The van der Waals surface area contributed by atoms with Gasteiger partial charge in [-0.25, -0.2) is 4.39 Å². The van der Waals surface area contributed by atoms with Crippen molar-refractivity contribution in [2.75, 3.05) is 13.7 Å². The van der Waals surface area contributed by atoms with Gasteiger partial charge in [0.05, 0.1) is 19.6 Å². The first kappa shape index (κ1) is 17.0. The van der Waals surface area contributed by atoms with Crippen molar-refractivity contribution >= 4 is 5.91 Å². The minimum absolute atomic E-state index is 0.131. The Morgan fingerprint density at radius 1 is 1.09 bits per heavy atom. The zero-order valence-corrected chi connectivity index (χ0v) is 13.0. The highest BCUT2D eigenvalue weighted by atomic mass is 19.1. The second-order valence-electron chi connectivity index (χ2n) is 5.01. The van der Waals surface area contributed by atoms with E-state index in [4.69, 9.17) is 9.47 Å². The average molecular weight is 317 g/mol.